The Labute approximate surface area is 480 Å². The van der Waals surface area contributed by atoms with Crippen LogP contribution in [-0.4, -0.2) is 84.4 Å². The molecule has 0 unspecified atom stereocenters. The summed E-state index contributed by atoms with van der Waals surface area (Å²) < 4.78 is 33.3. The lowest BCUT2D eigenvalue weighted by Crippen LogP contribution is -2.70. The topological polar surface area (TPSA) is 158 Å². The molecule has 5 aromatic rings. The third-order valence-corrected chi connectivity index (χ3v) is 16.3. The smallest absolute Gasteiger partial charge is 0.412 e. The lowest BCUT2D eigenvalue weighted by molar-refractivity contribution is -0.256. The maximum Gasteiger partial charge on any atom is 0.412 e. The number of hydrogen-bond donors (Lipinski definition) is 3. The number of benzene rings is 5. The first kappa shape index (κ1) is 60.6. The zero-order chi connectivity index (χ0) is 56.5. The maximum atomic E-state index is 15.4. The molecule has 2 amide bonds. The van der Waals surface area contributed by atoms with Crippen LogP contribution in [-0.2, 0) is 38.8 Å². The molecule has 8 rings (SSSR count). The molecular formula is C68H87N3O10. The molecule has 13 nitrogen and oxygen atoms in total. The molecule has 6 atom stereocenters. The number of nitrogens with one attached hydrogen (secondary N) is 1. The van der Waals surface area contributed by atoms with Gasteiger partial charge in [-0.2, -0.15) is 0 Å². The molecule has 434 valence electrons. The summed E-state index contributed by atoms with van der Waals surface area (Å²) in [4.78, 5) is 37.1. The molecule has 2 aliphatic carbocycles. The number of carbonyl (C=O) groups is 2. The fraction of sp³-hybridized carbons (Fsp3) is 0.485. The number of oxime groups is 1. The maximum absolute atomic E-state index is 15.4. The predicted octanol–water partition coefficient (Wildman–Crippen LogP) is 14.5. The summed E-state index contributed by atoms with van der Waals surface area (Å²) in [6.07, 6.45) is 19.4. The first-order valence-corrected chi connectivity index (χ1v) is 30.1. The number of fused-ring (bicyclic) bond motifs is 3. The minimum atomic E-state index is -1.57. The molecular weight excluding hydrogens is 1020 g/mol. The second kappa shape index (κ2) is 32.2. The Balaban J connectivity index is 1.19. The molecule has 5 aromatic carbocycles. The molecule has 0 saturated heterocycles. The highest BCUT2D eigenvalue weighted by atomic mass is 16.7. The van der Waals surface area contributed by atoms with Crippen LogP contribution >= 0.6 is 0 Å². The summed E-state index contributed by atoms with van der Waals surface area (Å²) in [5.41, 5.74) is 5.24. The molecule has 0 aromatic heterocycles. The summed E-state index contributed by atoms with van der Waals surface area (Å²) in [6, 6.07) is 38.7. The lowest BCUT2D eigenvalue weighted by Gasteiger charge is -2.59. The number of hydrogen-bond acceptors (Lipinski definition) is 11. The highest BCUT2D eigenvalue weighted by Crippen LogP contribution is 2.62. The number of aliphatic hydroxyl groups is 2. The van der Waals surface area contributed by atoms with E-state index in [1.54, 1.807) is 17.0 Å². The zero-order valence-corrected chi connectivity index (χ0v) is 47.7. The van der Waals surface area contributed by atoms with Gasteiger partial charge in [0.2, 0.25) is 5.79 Å². The number of ether oxygens (including phenoxy) is 5. The minimum absolute atomic E-state index is 0.00742. The van der Waals surface area contributed by atoms with Crippen LogP contribution in [0.25, 0.3) is 10.8 Å². The van der Waals surface area contributed by atoms with Crippen molar-refractivity contribution in [2.75, 3.05) is 39.6 Å². The van der Waals surface area contributed by atoms with Gasteiger partial charge in [-0.05, 0) is 95.2 Å². The molecule has 0 radical (unpaired) electrons. The predicted molar refractivity (Wildman–Crippen MR) is 319 cm³/mol. The van der Waals surface area contributed by atoms with Crippen molar-refractivity contribution in [1.82, 2.24) is 10.2 Å². The van der Waals surface area contributed by atoms with Crippen LogP contribution in [0.2, 0.25) is 0 Å². The van der Waals surface area contributed by atoms with Crippen LogP contribution in [0.3, 0.4) is 0 Å². The molecule has 1 fully saturated rings. The Morgan fingerprint density at radius 2 is 1.44 bits per heavy atom. The van der Waals surface area contributed by atoms with Gasteiger partial charge in [-0.25, -0.2) is 9.59 Å². The third kappa shape index (κ3) is 16.6. The van der Waals surface area contributed by atoms with Gasteiger partial charge in [0, 0.05) is 37.7 Å². The number of unbranched alkanes of at least 4 members (excludes halogenated alkanes) is 11. The third-order valence-electron chi connectivity index (χ3n) is 16.3. The molecule has 3 aliphatic rings. The first-order chi connectivity index (χ1) is 39.9. The molecule has 0 bridgehead atoms. The molecule has 3 N–H and O–H groups in total. The van der Waals surface area contributed by atoms with E-state index >= 15 is 4.79 Å². The van der Waals surface area contributed by atoms with E-state index in [0.29, 0.717) is 43.2 Å². The van der Waals surface area contributed by atoms with Crippen LogP contribution in [0.15, 0.2) is 151 Å². The Morgan fingerprint density at radius 1 is 0.765 bits per heavy atom. The standard InChI is InChI=1S/C68H87N3O10/c1-3-5-6-7-8-9-10-11-12-23-39-69-66(74)80-56-37-38-62-60(46-56)64-58(36-22-25-41-73)54(32-21-24-40-72)45-59-61(70-79-50-52-29-17-14-18-30-52)47-63(68(81-62,65(59)64)78-42-4-2)71(48-55-34-26-33-53-31-19-20-35-57(53)55)67(75)77-44-43-76-49-51-27-15-13-16-28-51/h4,13-20,26-31,33-35,37-38,45-46,54,58,63-65,72-73H,2-3,5-12,21-25,32,36,39-44,47-50H2,1H3,(H,69,74)/t54-,58+,63-,64+,65+,68+/m0/s1. The second-order valence-corrected chi connectivity index (χ2v) is 21.9. The van der Waals surface area contributed by atoms with Gasteiger partial charge < -0.3 is 44.1 Å². The Bertz CT molecular complexity index is 2780. The van der Waals surface area contributed by atoms with E-state index in [1.165, 1.54) is 44.9 Å². The van der Waals surface area contributed by atoms with E-state index < -0.39 is 29.9 Å². The monoisotopic (exact) mass is 1110 g/mol. The molecule has 1 saturated carbocycles. The largest absolute Gasteiger partial charge is 0.459 e. The van der Waals surface area contributed by atoms with E-state index in [4.69, 9.17) is 33.7 Å². The molecule has 13 heteroatoms. The summed E-state index contributed by atoms with van der Waals surface area (Å²) in [5.74, 6) is -1.66. The lowest BCUT2D eigenvalue weighted by atomic mass is 9.55. The Morgan fingerprint density at radius 3 is 2.17 bits per heavy atom. The van der Waals surface area contributed by atoms with Gasteiger partial charge in [-0.1, -0.05) is 198 Å². The number of carbonyl (C=O) groups excluding carboxylic acids is 2. The van der Waals surface area contributed by atoms with Crippen LogP contribution in [0.4, 0.5) is 9.59 Å². The zero-order valence-electron chi connectivity index (χ0n) is 47.7. The van der Waals surface area contributed by atoms with Gasteiger partial charge >= 0.3 is 12.2 Å². The number of aliphatic hydroxyl groups excluding tert-OH is 2. The normalized spacial score (nSPS) is 20.4. The number of allylic oxidation sites excluding steroid dienone is 1. The molecule has 81 heavy (non-hydrogen) atoms. The average molecular weight is 1110 g/mol. The highest BCUT2D eigenvalue weighted by Gasteiger charge is 2.66. The summed E-state index contributed by atoms with van der Waals surface area (Å²) in [5, 5.41) is 30.4. The molecule has 1 aliphatic heterocycles. The summed E-state index contributed by atoms with van der Waals surface area (Å²) in [6.45, 7) is 7.96. The first-order valence-electron chi connectivity index (χ1n) is 30.1. The second-order valence-electron chi connectivity index (χ2n) is 21.9. The minimum Gasteiger partial charge on any atom is -0.459 e. The van der Waals surface area contributed by atoms with Crippen molar-refractivity contribution in [3.05, 3.63) is 168 Å². The van der Waals surface area contributed by atoms with Crippen molar-refractivity contribution in [1.29, 1.82) is 0 Å². The quantitative estimate of drug-likeness (QED) is 0.0206. The van der Waals surface area contributed by atoms with Gasteiger partial charge in [0.1, 0.15) is 30.8 Å². The summed E-state index contributed by atoms with van der Waals surface area (Å²) in [7, 11) is 0. The van der Waals surface area contributed by atoms with Crippen molar-refractivity contribution in [3.63, 3.8) is 0 Å². The number of rotatable bonds is 34. The van der Waals surface area contributed by atoms with Crippen molar-refractivity contribution < 1.29 is 48.3 Å². The highest BCUT2D eigenvalue weighted by molar-refractivity contribution is 6.03. The summed E-state index contributed by atoms with van der Waals surface area (Å²) >= 11 is 0. The molecule has 1 heterocycles. The number of nitrogens with zero attached hydrogens (tertiary/aromatic N) is 2. The van der Waals surface area contributed by atoms with Gasteiger partial charge in [-0.3, -0.25) is 4.90 Å². The van der Waals surface area contributed by atoms with E-state index in [9.17, 15) is 15.0 Å². The van der Waals surface area contributed by atoms with Crippen LogP contribution in [0.1, 0.15) is 144 Å². The van der Waals surface area contributed by atoms with E-state index in [0.717, 1.165) is 83.5 Å². The van der Waals surface area contributed by atoms with E-state index in [2.05, 4.69) is 43.1 Å². The number of amides is 2. The van der Waals surface area contributed by atoms with Crippen molar-refractivity contribution in [2.24, 2.45) is 22.9 Å². The van der Waals surface area contributed by atoms with Crippen molar-refractivity contribution >= 4 is 28.7 Å². The van der Waals surface area contributed by atoms with E-state index in [1.807, 2.05) is 97.1 Å². The van der Waals surface area contributed by atoms with Crippen molar-refractivity contribution in [2.45, 2.75) is 154 Å². The van der Waals surface area contributed by atoms with Gasteiger partial charge in [0.05, 0.1) is 38.0 Å². The Hall–Kier alpha value is -6.51. The SMILES string of the molecule is C=CCO[C@@]12Oc3ccc(OC(=O)NCCCCCCCCCCCC)cc3[C@H]3[C@H](CCCCO)[C@@H](CCCCO)C=C(C(=NOCc4ccccc4)C[C@@H]1N(Cc1cccc4ccccc14)C(=O)OCCOCc1ccccc1)[C@H]32. The van der Waals surface area contributed by atoms with Gasteiger partial charge in [-0.15, -0.1) is 6.58 Å². The van der Waals surface area contributed by atoms with Gasteiger partial charge in [0.15, 0.2) is 0 Å². The van der Waals surface area contributed by atoms with Crippen LogP contribution < -0.4 is 14.8 Å². The average Bonchev–Trinajstić information content (AvgIpc) is 2.70. The Kier molecular flexibility index (Phi) is 24.1. The molecule has 0 spiro atoms. The van der Waals surface area contributed by atoms with E-state index in [-0.39, 0.29) is 70.4 Å². The fourth-order valence-corrected chi connectivity index (χ4v) is 12.4. The van der Waals surface area contributed by atoms with Crippen LogP contribution in [0, 0.1) is 17.8 Å². The van der Waals surface area contributed by atoms with Crippen LogP contribution in [0.5, 0.6) is 11.5 Å². The van der Waals surface area contributed by atoms with Gasteiger partial charge in [0.25, 0.3) is 0 Å². The van der Waals surface area contributed by atoms with Crippen molar-refractivity contribution in [3.8, 4) is 11.5 Å². The fourth-order valence-electron chi connectivity index (χ4n) is 12.4.